The van der Waals surface area contributed by atoms with Crippen LogP contribution in [0.2, 0.25) is 0 Å². The van der Waals surface area contributed by atoms with Gasteiger partial charge in [0, 0.05) is 25.1 Å². The van der Waals surface area contributed by atoms with Crippen molar-refractivity contribution < 1.29 is 192 Å². The Morgan fingerprint density at radius 1 is 0.474 bits per heavy atom. The summed E-state index contributed by atoms with van der Waals surface area (Å²) in [6, 6.07) is 7.14. The van der Waals surface area contributed by atoms with Gasteiger partial charge < -0.3 is 173 Å². The van der Waals surface area contributed by atoms with Crippen molar-refractivity contribution in [3.05, 3.63) is 152 Å². The highest BCUT2D eigenvalue weighted by molar-refractivity contribution is 5.92. The number of ketones is 1. The third-order valence-electron chi connectivity index (χ3n) is 20.5. The smallest absolute Gasteiger partial charge is 0.378 e. The Hall–Kier alpha value is -10.0. The predicted octanol–water partition coefficient (Wildman–Crippen LogP) is -3.34. The highest BCUT2D eigenvalue weighted by Gasteiger charge is 2.57. The Labute approximate surface area is 650 Å². The molecule has 0 amide bonds. The molecule has 0 bridgehead atoms. The number of carbonyl (C=O) groups excluding carboxylic acids is 4. The normalized spacial score (nSPS) is 32.1. The number of hydrogen-bond donors (Lipinski definition) is 22. The van der Waals surface area contributed by atoms with Gasteiger partial charge in [-0.1, -0.05) is 6.92 Å². The summed E-state index contributed by atoms with van der Waals surface area (Å²) in [5.41, 5.74) is -1.70. The zero-order valence-corrected chi connectivity index (χ0v) is 62.0. The third-order valence-corrected chi connectivity index (χ3v) is 20.5. The van der Waals surface area contributed by atoms with Crippen molar-refractivity contribution in [2.75, 3.05) is 33.0 Å². The molecule has 3 aromatic heterocycles. The maximum absolute atomic E-state index is 13.3. The number of phenols is 3. The molecule has 8 aliphatic heterocycles. The average molecular weight is 1650 g/mol. The molecule has 0 spiro atoms. The monoisotopic (exact) mass is 1640 g/mol. The van der Waals surface area contributed by atoms with E-state index in [1.807, 2.05) is 0 Å². The van der Waals surface area contributed by atoms with Gasteiger partial charge in [0.05, 0.1) is 78.4 Å². The van der Waals surface area contributed by atoms with E-state index in [4.69, 9.17) is 76.3 Å². The van der Waals surface area contributed by atoms with E-state index in [-0.39, 0.29) is 109 Å². The Morgan fingerprint density at radius 3 is 1.25 bits per heavy atom. The number of fused-ring (bicyclic) bond motifs is 3. The van der Waals surface area contributed by atoms with Crippen molar-refractivity contribution in [1.82, 2.24) is 0 Å². The number of aliphatic hydroxyl groups excluding tert-OH is 19. The van der Waals surface area contributed by atoms with Crippen LogP contribution in [0.25, 0.3) is 32.9 Å². The van der Waals surface area contributed by atoms with E-state index >= 15 is 0 Å². The molecule has 3 aromatic carbocycles. The lowest BCUT2D eigenvalue weighted by atomic mass is 9.89. The maximum atomic E-state index is 13.3. The Kier molecular flexibility index (Phi) is 25.1. The summed E-state index contributed by atoms with van der Waals surface area (Å²) >= 11 is 0. The number of benzene rings is 3. The molecule has 42 nitrogen and oxygen atoms in total. The predicted molar refractivity (Wildman–Crippen MR) is 378 cm³/mol. The second-order valence-electron chi connectivity index (χ2n) is 28.6. The van der Waals surface area contributed by atoms with E-state index in [1.165, 1.54) is 52.0 Å². The van der Waals surface area contributed by atoms with Gasteiger partial charge in [-0.15, -0.1) is 0 Å². The summed E-state index contributed by atoms with van der Waals surface area (Å²) in [6.45, 7) is 7.45. The van der Waals surface area contributed by atoms with Gasteiger partial charge in [0.15, 0.2) is 63.4 Å². The number of cyclic esters (lactones) is 3. The summed E-state index contributed by atoms with van der Waals surface area (Å²) in [5, 5.41) is 218. The Morgan fingerprint density at radius 2 is 0.871 bits per heavy atom. The average Bonchev–Trinajstić information content (AvgIpc) is 1.37. The number of ether oxygens (including phenoxy) is 10. The summed E-state index contributed by atoms with van der Waals surface area (Å²) in [5.74, 6) is -12.3. The molecule has 22 N–H and O–H groups in total. The molecule has 10 unspecified atom stereocenters. The quantitative estimate of drug-likeness (QED) is 0.0353. The first-order chi connectivity index (χ1) is 54.5. The van der Waals surface area contributed by atoms with E-state index < -0.39 is 235 Å². The van der Waals surface area contributed by atoms with Crippen LogP contribution in [-0.2, 0) is 84.5 Å². The lowest BCUT2D eigenvalue weighted by molar-refractivity contribution is -0.231. The minimum atomic E-state index is -1.85. The molecule has 0 radical (unpaired) electrons. The van der Waals surface area contributed by atoms with Crippen LogP contribution >= 0.6 is 0 Å². The number of aliphatic hydroxyl groups is 19. The molecule has 11 heterocycles. The van der Waals surface area contributed by atoms with Crippen LogP contribution in [0, 0.1) is 20.8 Å². The van der Waals surface area contributed by atoms with Gasteiger partial charge >= 0.3 is 23.7 Å². The summed E-state index contributed by atoms with van der Waals surface area (Å²) in [6.07, 6.45) is -30.8. The lowest BCUT2D eigenvalue weighted by Crippen LogP contribution is -2.55. The summed E-state index contributed by atoms with van der Waals surface area (Å²) in [4.78, 5) is 85.0. The first-order valence-electron chi connectivity index (χ1n) is 35.6. The van der Waals surface area contributed by atoms with Gasteiger partial charge in [-0.3, -0.25) is 19.2 Å². The highest BCUT2D eigenvalue weighted by Crippen LogP contribution is 2.50. The van der Waals surface area contributed by atoms with E-state index in [0.29, 0.717) is 16.7 Å². The number of phenolic OH excluding ortho intramolecular Hbond substituents is 3. The van der Waals surface area contributed by atoms with Crippen molar-refractivity contribution in [3.8, 4) is 17.2 Å². The number of Topliss-reactive ketones (excluding diaryl/α,β-unsaturated/α-hetero) is 1. The van der Waals surface area contributed by atoms with E-state index in [2.05, 4.69) is 4.74 Å². The highest BCUT2D eigenvalue weighted by atomic mass is 16.8. The largest absolute Gasteiger partial charge is 0.507 e. The molecule has 14 rings (SSSR count). The van der Waals surface area contributed by atoms with Crippen LogP contribution in [0.1, 0.15) is 103 Å². The van der Waals surface area contributed by atoms with E-state index in [1.54, 1.807) is 20.8 Å². The van der Waals surface area contributed by atoms with Crippen LogP contribution in [0.5, 0.6) is 17.2 Å². The van der Waals surface area contributed by atoms with Crippen LogP contribution in [0.15, 0.2) is 98.6 Å². The topological polar surface area (TPSA) is 696 Å². The SMILES string of the molecule is CC(=O)Cc1cc(=O)c2c(C)cc(O)c([C@@H]3O[C@H](CO)[C@@H](O)[C@H](O)[C@H]3O)c2o1.CCC(O)C1OC(=O)C2=C1OC(C)(c1cc(=O)c3c(C)cc(O)c(C4O[C@H](CO)[C@@H](O)[C@H](O)[C@H]4O)c3o1)O2.Cc1cc(O)c(C2O[C@H](CO)[C@@H](O)[C@H](O)[C@H]2O)c2oc(C3(C)OCC(C4OC(=O)C(O)=C4O)O3)cc(=O)c12.O=C1OC(C(O)CO)C(O)=C1O. The van der Waals surface area contributed by atoms with Crippen molar-refractivity contribution >= 4 is 56.6 Å². The third kappa shape index (κ3) is 15.7. The maximum Gasteiger partial charge on any atom is 0.378 e. The zero-order chi connectivity index (χ0) is 85.4. The standard InChI is InChI=1S/C25H28O13.C24H26O14.C19H22O9.C6H8O6/c1-4-9(27)19-22-23(24(33)36-19)38-25(3,37-22)13-6-11(29)14-8(2)5-10(28)15(20(14)35-13)21-18(32)17(31)16(30)12(7-26)34-21;1-7-3-8(26)14(22-17(30)16(29)15(28)10(5-25)35-22)21-13(7)9(27)4-12(36-21)24(2)34-6-11(38-24)20-18(31)19(32)23(33)37-20;1-7-3-10(22)14(19-17(26)16(25)15(24)12(6-20)28-19)18-13(7)11(23)5-9(27-18)4-8(2)21;7-1-2(8)5-3(9)4(10)6(11)12-5/h5-6,9,12,16-19,21,26-28,30-32H,4,7H2,1-3H3;3-4,10-11,15-17,20,22,25-26,28-32H,5-6H2,1-2H3;3,5,12,15-17,19-20,22,24-26H,4,6H2,1-2H3;2,5,7-10H,1H2/t9?,12-,16-,17+,18-,19?,21?,25?;10-,11?,15-,16+,17-,20?,22?,24?;12-,15-,16+,17-,19+;/m111./s1. The lowest BCUT2D eigenvalue weighted by Gasteiger charge is -2.40. The van der Waals surface area contributed by atoms with E-state index in [9.17, 15) is 125 Å². The molecule has 4 fully saturated rings. The fourth-order valence-corrected chi connectivity index (χ4v) is 14.3. The number of hydrogen-bond acceptors (Lipinski definition) is 42. The first kappa shape index (κ1) is 86.8. The number of carbonyl (C=O) groups is 4. The molecule has 0 saturated carbocycles. The minimum Gasteiger partial charge on any atom is -0.507 e. The second kappa shape index (κ2) is 33.5. The molecule has 8 aliphatic rings. The van der Waals surface area contributed by atoms with Crippen LogP contribution in [0.4, 0.5) is 0 Å². The molecule has 4 saturated heterocycles. The molecule has 116 heavy (non-hydrogen) atoms. The van der Waals surface area contributed by atoms with Gasteiger partial charge in [0.2, 0.25) is 17.3 Å². The zero-order valence-electron chi connectivity index (χ0n) is 62.0. The number of aryl methyl sites for hydroxylation is 3. The van der Waals surface area contributed by atoms with Crippen molar-refractivity contribution in [3.63, 3.8) is 0 Å². The van der Waals surface area contributed by atoms with Crippen LogP contribution in [-0.4, -0.2) is 279 Å². The van der Waals surface area contributed by atoms with E-state index in [0.717, 1.165) is 12.1 Å². The van der Waals surface area contributed by atoms with Crippen molar-refractivity contribution in [2.24, 2.45) is 0 Å². The molecule has 23 atom stereocenters. The molecular formula is C74H84O42. The van der Waals surface area contributed by atoms with Crippen LogP contribution < -0.4 is 16.3 Å². The van der Waals surface area contributed by atoms with Gasteiger partial charge in [-0.2, -0.15) is 0 Å². The van der Waals surface area contributed by atoms with Crippen molar-refractivity contribution in [2.45, 2.75) is 201 Å². The van der Waals surface area contributed by atoms with Gasteiger partial charge in [0.25, 0.3) is 5.76 Å². The Bertz CT molecular complexity index is 5110. The summed E-state index contributed by atoms with van der Waals surface area (Å²) in [7, 11) is 0. The Balaban J connectivity index is 0.000000161. The van der Waals surface area contributed by atoms with Gasteiger partial charge in [-0.05, 0) is 75.9 Å². The molecular weight excluding hydrogens is 1560 g/mol. The van der Waals surface area contributed by atoms with Gasteiger partial charge in [0.1, 0.15) is 149 Å². The molecule has 6 aromatic rings. The number of rotatable bonds is 15. The number of aromatic hydroxyl groups is 3. The molecule has 42 heteroatoms. The van der Waals surface area contributed by atoms with Crippen molar-refractivity contribution in [1.29, 1.82) is 0 Å². The first-order valence-corrected chi connectivity index (χ1v) is 35.6. The fraction of sp³-hybridized carbons (Fsp3) is 0.500. The second-order valence-corrected chi connectivity index (χ2v) is 28.6. The van der Waals surface area contributed by atoms with Gasteiger partial charge in [-0.25, -0.2) is 14.4 Å². The molecule has 0 aliphatic carbocycles. The summed E-state index contributed by atoms with van der Waals surface area (Å²) < 4.78 is 71.9. The fourth-order valence-electron chi connectivity index (χ4n) is 14.3. The van der Waals surface area contributed by atoms with Crippen LogP contribution in [0.3, 0.4) is 0 Å². The number of esters is 3. The molecule has 632 valence electrons. The minimum absolute atomic E-state index is 0.00637.